The van der Waals surface area contributed by atoms with Crippen LogP contribution in [0.25, 0.3) is 0 Å². The largest absolute Gasteiger partial charge is 0.328 e. The van der Waals surface area contributed by atoms with Gasteiger partial charge in [-0.1, -0.05) is 13.3 Å². The van der Waals surface area contributed by atoms with Gasteiger partial charge in [-0.15, -0.1) is 0 Å². The van der Waals surface area contributed by atoms with Crippen molar-refractivity contribution in [2.45, 2.75) is 83.3 Å². The van der Waals surface area contributed by atoms with Crippen molar-refractivity contribution < 1.29 is 13.6 Å². The Kier molecular flexibility index (Phi) is 7.67. The van der Waals surface area contributed by atoms with E-state index in [2.05, 4.69) is 38.9 Å². The van der Waals surface area contributed by atoms with Crippen LogP contribution in [-0.2, 0) is 23.2 Å². The first-order chi connectivity index (χ1) is 16.2. The molecule has 1 saturated heterocycles. The van der Waals surface area contributed by atoms with Gasteiger partial charge in [0.25, 0.3) is 0 Å². The molecule has 1 fully saturated rings. The van der Waals surface area contributed by atoms with Gasteiger partial charge in [-0.05, 0) is 82.7 Å². The lowest BCUT2D eigenvalue weighted by atomic mass is 9.87. The maximum Gasteiger partial charge on any atom is 0.242 e. The zero-order valence-corrected chi connectivity index (χ0v) is 20.5. The van der Waals surface area contributed by atoms with Crippen molar-refractivity contribution >= 4 is 11.7 Å². The molecule has 0 saturated carbocycles. The maximum absolute atomic E-state index is 14.3. The van der Waals surface area contributed by atoms with E-state index < -0.39 is 17.7 Å². The Bertz CT molecular complexity index is 999. The second-order valence-corrected chi connectivity index (χ2v) is 10.4. The fourth-order valence-electron chi connectivity index (χ4n) is 5.29. The van der Waals surface area contributed by atoms with E-state index in [1.165, 1.54) is 18.9 Å². The second-order valence-electron chi connectivity index (χ2n) is 10.4. The Labute approximate surface area is 201 Å². The molecule has 8 heteroatoms. The van der Waals surface area contributed by atoms with Gasteiger partial charge in [0.1, 0.15) is 11.6 Å². The summed E-state index contributed by atoms with van der Waals surface area (Å²) in [5.74, 6) is -0.623. The van der Waals surface area contributed by atoms with Crippen LogP contribution >= 0.6 is 0 Å². The predicted octanol–water partition coefficient (Wildman–Crippen LogP) is 4.25. The summed E-state index contributed by atoms with van der Waals surface area (Å²) in [6.07, 6.45) is 9.49. The first-order valence-corrected chi connectivity index (χ1v) is 12.6. The highest BCUT2D eigenvalue weighted by atomic mass is 19.1. The maximum atomic E-state index is 14.3. The van der Waals surface area contributed by atoms with Gasteiger partial charge in [-0.3, -0.25) is 4.79 Å². The number of anilines is 1. The lowest BCUT2D eigenvalue weighted by Crippen LogP contribution is -2.48. The van der Waals surface area contributed by atoms with Crippen LogP contribution in [0.15, 0.2) is 24.7 Å². The van der Waals surface area contributed by atoms with Crippen molar-refractivity contribution in [1.29, 1.82) is 0 Å². The minimum Gasteiger partial charge on any atom is -0.328 e. The number of aryl methyl sites for hydroxylation is 1. The fraction of sp³-hybridized carbons (Fsp3) is 0.615. The van der Waals surface area contributed by atoms with Crippen LogP contribution in [0.5, 0.6) is 0 Å². The summed E-state index contributed by atoms with van der Waals surface area (Å²) >= 11 is 0. The van der Waals surface area contributed by atoms with Gasteiger partial charge in [0, 0.05) is 24.8 Å². The average molecular weight is 474 g/mol. The fourth-order valence-corrected chi connectivity index (χ4v) is 5.29. The molecule has 2 aromatic rings. The van der Waals surface area contributed by atoms with Crippen LogP contribution in [0.4, 0.5) is 14.6 Å². The molecule has 0 bridgehead atoms. The third-order valence-corrected chi connectivity index (χ3v) is 7.14. The van der Waals surface area contributed by atoms with E-state index in [1.54, 1.807) is 6.33 Å². The van der Waals surface area contributed by atoms with Crippen LogP contribution in [0.1, 0.15) is 64.0 Å². The zero-order chi connectivity index (χ0) is 24.3. The summed E-state index contributed by atoms with van der Waals surface area (Å²) in [7, 11) is 0. The quantitative estimate of drug-likeness (QED) is 0.572. The van der Waals surface area contributed by atoms with Crippen molar-refractivity contribution in [2.24, 2.45) is 0 Å². The summed E-state index contributed by atoms with van der Waals surface area (Å²) in [6.45, 7) is 9.63. The van der Waals surface area contributed by atoms with Gasteiger partial charge in [-0.2, -0.15) is 0 Å². The molecule has 1 aliphatic carbocycles. The van der Waals surface area contributed by atoms with E-state index in [0.717, 1.165) is 44.1 Å². The Morgan fingerprint density at radius 3 is 2.76 bits per heavy atom. The summed E-state index contributed by atoms with van der Waals surface area (Å²) in [5, 5.41) is 6.40. The van der Waals surface area contributed by atoms with Crippen molar-refractivity contribution in [3.05, 3.63) is 47.4 Å². The molecule has 6 nitrogen and oxygen atoms in total. The lowest BCUT2D eigenvalue weighted by Gasteiger charge is -2.31. The molecule has 0 spiro atoms. The number of aromatic nitrogens is 2. The Morgan fingerprint density at radius 2 is 2.03 bits per heavy atom. The number of fused-ring (bicyclic) bond motifs is 1. The van der Waals surface area contributed by atoms with Crippen LogP contribution in [0.3, 0.4) is 0 Å². The summed E-state index contributed by atoms with van der Waals surface area (Å²) in [5.41, 5.74) is 1.16. The monoisotopic (exact) mass is 473 g/mol. The number of benzene rings is 1. The molecule has 0 unspecified atom stereocenters. The average Bonchev–Trinajstić information content (AvgIpc) is 3.46. The predicted molar refractivity (Wildman–Crippen MR) is 130 cm³/mol. The van der Waals surface area contributed by atoms with Crippen LogP contribution in [0, 0.1) is 11.6 Å². The molecule has 1 aliphatic heterocycles. The number of hydrogen-bond donors (Lipinski definition) is 2. The summed E-state index contributed by atoms with van der Waals surface area (Å²) in [4.78, 5) is 20.0. The molecule has 186 valence electrons. The van der Waals surface area contributed by atoms with E-state index in [0.29, 0.717) is 30.6 Å². The Morgan fingerprint density at radius 1 is 1.26 bits per heavy atom. The number of halogens is 2. The molecule has 2 N–H and O–H groups in total. The molecule has 2 aliphatic rings. The number of likely N-dealkylation sites (tertiary alicyclic amines) is 1. The van der Waals surface area contributed by atoms with E-state index >= 15 is 0 Å². The van der Waals surface area contributed by atoms with E-state index in [1.807, 2.05) is 13.1 Å². The lowest BCUT2D eigenvalue weighted by molar-refractivity contribution is -0.118. The molecule has 1 aromatic carbocycles. The van der Waals surface area contributed by atoms with Crippen molar-refractivity contribution in [1.82, 2.24) is 19.8 Å². The number of rotatable bonds is 9. The highest BCUT2D eigenvalue weighted by Gasteiger charge is 2.28. The number of carbonyl (C=O) groups is 1. The van der Waals surface area contributed by atoms with Gasteiger partial charge in [0.2, 0.25) is 5.91 Å². The van der Waals surface area contributed by atoms with Gasteiger partial charge < -0.3 is 20.1 Å². The third kappa shape index (κ3) is 5.84. The molecule has 1 amide bonds. The number of amides is 1. The van der Waals surface area contributed by atoms with E-state index in [-0.39, 0.29) is 17.5 Å². The van der Waals surface area contributed by atoms with Crippen molar-refractivity contribution in [3.8, 4) is 0 Å². The number of hydrogen-bond acceptors (Lipinski definition) is 4. The molecule has 34 heavy (non-hydrogen) atoms. The van der Waals surface area contributed by atoms with E-state index in [9.17, 15) is 13.6 Å². The normalized spacial score (nSPS) is 19.7. The van der Waals surface area contributed by atoms with Gasteiger partial charge in [0.05, 0.1) is 17.9 Å². The smallest absolute Gasteiger partial charge is 0.242 e. The standard InChI is InChI=1S/C26H37F2N5O/c1-4-7-23(30-20-9-8-18-12-19(27)13-22(28)21(18)14-20)25(34)31-24-15-33(17-29-24)26(2,3)16-32-10-5-6-11-32/h12-13,15,17,20,23,30H,4-11,14,16H2,1-3H3,(H,31,34)/t20-,23-/m0/s1. The molecule has 2 atom stereocenters. The molecule has 2 heterocycles. The number of carbonyl (C=O) groups excluding carboxylic acids is 1. The molecule has 0 radical (unpaired) electrons. The van der Waals surface area contributed by atoms with Crippen LogP contribution in [-0.4, -0.2) is 52.1 Å². The number of imidazole rings is 1. The Hall–Kier alpha value is -2.32. The molecular formula is C26H37F2N5O. The molecule has 1 aromatic heterocycles. The highest BCUT2D eigenvalue weighted by molar-refractivity contribution is 5.94. The van der Waals surface area contributed by atoms with Gasteiger partial charge >= 0.3 is 0 Å². The molecular weight excluding hydrogens is 436 g/mol. The first kappa shape index (κ1) is 24.8. The highest BCUT2D eigenvalue weighted by Crippen LogP contribution is 2.26. The Balaban J connectivity index is 1.38. The molecule has 4 rings (SSSR count). The van der Waals surface area contributed by atoms with Gasteiger partial charge in [-0.25, -0.2) is 13.8 Å². The minimum atomic E-state index is -0.533. The number of nitrogens with zero attached hydrogens (tertiary/aromatic N) is 3. The van der Waals surface area contributed by atoms with Gasteiger partial charge in [0.15, 0.2) is 5.82 Å². The van der Waals surface area contributed by atoms with Crippen molar-refractivity contribution in [2.75, 3.05) is 25.0 Å². The summed E-state index contributed by atoms with van der Waals surface area (Å²) < 4.78 is 29.9. The SMILES string of the molecule is CCC[C@H](N[C@H]1CCc2cc(F)cc(F)c2C1)C(=O)Nc1cn(C(C)(C)CN2CCCC2)cn1. The third-order valence-electron chi connectivity index (χ3n) is 7.14. The first-order valence-electron chi connectivity index (χ1n) is 12.6. The zero-order valence-electron chi connectivity index (χ0n) is 20.5. The van der Waals surface area contributed by atoms with Crippen LogP contribution < -0.4 is 10.6 Å². The second kappa shape index (κ2) is 10.5. The van der Waals surface area contributed by atoms with Crippen LogP contribution in [0.2, 0.25) is 0 Å². The topological polar surface area (TPSA) is 62.2 Å². The summed E-state index contributed by atoms with van der Waals surface area (Å²) in [6, 6.07) is 1.93. The minimum absolute atomic E-state index is 0.0355. The van der Waals surface area contributed by atoms with E-state index in [4.69, 9.17) is 0 Å². The van der Waals surface area contributed by atoms with Crippen molar-refractivity contribution in [3.63, 3.8) is 0 Å². The number of nitrogens with one attached hydrogen (secondary N) is 2.